The molecular formula is C11H16N2O2S. The normalized spacial score (nSPS) is 10.7. The van der Waals surface area contributed by atoms with E-state index in [1.165, 1.54) is 0 Å². The number of hydrogen-bond donors (Lipinski definition) is 2. The topological polar surface area (TPSA) is 50.4 Å². The summed E-state index contributed by atoms with van der Waals surface area (Å²) in [5.74, 6) is 0. The molecule has 0 spiro atoms. The van der Waals surface area contributed by atoms with Crippen molar-refractivity contribution in [2.24, 2.45) is 0 Å². The molecular weight excluding hydrogens is 224 g/mol. The molecule has 0 atom stereocenters. The van der Waals surface area contributed by atoms with Gasteiger partial charge in [-0.05, 0) is 32.2 Å². The van der Waals surface area contributed by atoms with Crippen LogP contribution in [0.4, 0.5) is 4.79 Å². The highest BCUT2D eigenvalue weighted by molar-refractivity contribution is 7.11. The average molecular weight is 240 g/mol. The number of carbonyl (C=O) groups is 1. The first-order chi connectivity index (χ1) is 7.38. The Morgan fingerprint density at radius 2 is 2.12 bits per heavy atom. The molecule has 0 saturated heterocycles. The molecule has 5 heteroatoms. The predicted molar refractivity (Wildman–Crippen MR) is 65.9 cm³/mol. The van der Waals surface area contributed by atoms with Crippen LogP contribution in [-0.2, 0) is 4.74 Å². The number of hydrogen-bond acceptors (Lipinski definition) is 4. The van der Waals surface area contributed by atoms with Gasteiger partial charge in [-0.1, -0.05) is 12.6 Å². The van der Waals surface area contributed by atoms with Crippen LogP contribution in [0.1, 0.15) is 25.6 Å². The fourth-order valence-corrected chi connectivity index (χ4v) is 1.60. The molecule has 1 heterocycles. The van der Waals surface area contributed by atoms with Crippen LogP contribution in [0, 0.1) is 0 Å². The lowest BCUT2D eigenvalue weighted by Crippen LogP contribution is -2.39. The number of rotatable bonds is 3. The summed E-state index contributed by atoms with van der Waals surface area (Å²) in [6.45, 7) is 9.21. The molecule has 0 fully saturated rings. The van der Waals surface area contributed by atoms with Crippen molar-refractivity contribution in [1.29, 1.82) is 0 Å². The van der Waals surface area contributed by atoms with E-state index in [0.29, 0.717) is 5.70 Å². The van der Waals surface area contributed by atoms with Crippen LogP contribution in [0.25, 0.3) is 5.70 Å². The molecule has 16 heavy (non-hydrogen) atoms. The molecule has 2 N–H and O–H groups in total. The average Bonchev–Trinajstić information content (AvgIpc) is 2.64. The van der Waals surface area contributed by atoms with Crippen molar-refractivity contribution in [3.63, 3.8) is 0 Å². The van der Waals surface area contributed by atoms with E-state index >= 15 is 0 Å². The van der Waals surface area contributed by atoms with E-state index in [4.69, 9.17) is 4.74 Å². The standard InChI is InChI=1S/C11H16N2O2S/c1-8(9-6-5-7-16-9)12-13-10(14)15-11(2,3)4/h5-7,12H,1H2,2-4H3,(H,13,14). The molecule has 0 unspecified atom stereocenters. The van der Waals surface area contributed by atoms with Crippen LogP contribution in [0.2, 0.25) is 0 Å². The Labute approximate surface area is 99.3 Å². The Hall–Kier alpha value is -1.49. The fourth-order valence-electron chi connectivity index (χ4n) is 0.942. The third kappa shape index (κ3) is 4.35. The van der Waals surface area contributed by atoms with Crippen molar-refractivity contribution < 1.29 is 9.53 Å². The molecule has 0 radical (unpaired) electrons. The van der Waals surface area contributed by atoms with Gasteiger partial charge in [-0.25, -0.2) is 10.2 Å². The smallest absolute Gasteiger partial charge is 0.426 e. The second-order valence-corrected chi connectivity index (χ2v) is 5.16. The van der Waals surface area contributed by atoms with Gasteiger partial charge in [0, 0.05) is 0 Å². The number of carbonyl (C=O) groups excluding carboxylic acids is 1. The van der Waals surface area contributed by atoms with E-state index in [1.54, 1.807) is 32.1 Å². The van der Waals surface area contributed by atoms with Crippen molar-refractivity contribution in [3.05, 3.63) is 29.0 Å². The van der Waals surface area contributed by atoms with Gasteiger partial charge in [0.1, 0.15) is 5.60 Å². The maximum Gasteiger partial charge on any atom is 0.426 e. The lowest BCUT2D eigenvalue weighted by atomic mass is 10.2. The zero-order valence-electron chi connectivity index (χ0n) is 9.66. The minimum absolute atomic E-state index is 0.504. The van der Waals surface area contributed by atoms with Gasteiger partial charge >= 0.3 is 6.09 Å². The first-order valence-corrected chi connectivity index (χ1v) is 5.74. The van der Waals surface area contributed by atoms with E-state index in [1.807, 2.05) is 17.5 Å². The van der Waals surface area contributed by atoms with Crippen molar-refractivity contribution in [2.75, 3.05) is 0 Å². The number of ether oxygens (including phenoxy) is 1. The van der Waals surface area contributed by atoms with E-state index in [0.717, 1.165) is 4.88 Å². The van der Waals surface area contributed by atoms with E-state index in [2.05, 4.69) is 17.4 Å². The maximum absolute atomic E-state index is 11.3. The number of hydrazine groups is 1. The summed E-state index contributed by atoms with van der Waals surface area (Å²) in [6, 6.07) is 3.83. The van der Waals surface area contributed by atoms with Gasteiger partial charge in [-0.3, -0.25) is 5.43 Å². The minimum atomic E-state index is -0.523. The van der Waals surface area contributed by atoms with Gasteiger partial charge in [-0.15, -0.1) is 11.3 Å². The summed E-state index contributed by atoms with van der Waals surface area (Å²) in [5.41, 5.74) is 5.26. The molecule has 0 saturated carbocycles. The van der Waals surface area contributed by atoms with Gasteiger partial charge in [0.25, 0.3) is 0 Å². The molecule has 0 aliphatic rings. The van der Waals surface area contributed by atoms with Crippen molar-refractivity contribution in [1.82, 2.24) is 10.9 Å². The van der Waals surface area contributed by atoms with E-state index < -0.39 is 11.7 Å². The first kappa shape index (κ1) is 12.6. The summed E-state index contributed by atoms with van der Waals surface area (Å²) >= 11 is 1.54. The number of nitrogens with one attached hydrogen (secondary N) is 2. The highest BCUT2D eigenvalue weighted by Gasteiger charge is 2.15. The quantitative estimate of drug-likeness (QED) is 0.799. The summed E-state index contributed by atoms with van der Waals surface area (Å²) in [5, 5.41) is 1.94. The fraction of sp³-hybridized carbons (Fsp3) is 0.364. The van der Waals surface area contributed by atoms with E-state index in [-0.39, 0.29) is 0 Å². The molecule has 0 aliphatic carbocycles. The molecule has 1 aromatic heterocycles. The molecule has 0 aliphatic heterocycles. The Bertz CT molecular complexity index is 366. The molecule has 1 amide bonds. The summed E-state index contributed by atoms with van der Waals surface area (Å²) in [7, 11) is 0. The Balaban J connectivity index is 2.35. The van der Waals surface area contributed by atoms with E-state index in [9.17, 15) is 4.79 Å². The third-order valence-electron chi connectivity index (χ3n) is 1.53. The Morgan fingerprint density at radius 1 is 1.44 bits per heavy atom. The summed E-state index contributed by atoms with van der Waals surface area (Å²) in [6.07, 6.45) is -0.523. The van der Waals surface area contributed by atoms with Crippen LogP contribution in [0.3, 0.4) is 0 Å². The Morgan fingerprint density at radius 3 is 2.62 bits per heavy atom. The van der Waals surface area contributed by atoms with Gasteiger partial charge < -0.3 is 4.74 Å². The first-order valence-electron chi connectivity index (χ1n) is 4.86. The maximum atomic E-state index is 11.3. The minimum Gasteiger partial charge on any atom is -0.443 e. The Kier molecular flexibility index (Phi) is 3.95. The molecule has 4 nitrogen and oxygen atoms in total. The highest BCUT2D eigenvalue weighted by Crippen LogP contribution is 2.15. The summed E-state index contributed by atoms with van der Waals surface area (Å²) < 4.78 is 5.06. The second-order valence-electron chi connectivity index (χ2n) is 4.21. The molecule has 0 aromatic carbocycles. The van der Waals surface area contributed by atoms with Crippen LogP contribution in [0.5, 0.6) is 0 Å². The van der Waals surface area contributed by atoms with Crippen LogP contribution >= 0.6 is 11.3 Å². The second kappa shape index (κ2) is 5.03. The number of thiophene rings is 1. The molecule has 0 bridgehead atoms. The van der Waals surface area contributed by atoms with Crippen LogP contribution in [-0.4, -0.2) is 11.7 Å². The van der Waals surface area contributed by atoms with Gasteiger partial charge in [-0.2, -0.15) is 0 Å². The van der Waals surface area contributed by atoms with Crippen molar-refractivity contribution in [3.8, 4) is 0 Å². The molecule has 1 aromatic rings. The number of amides is 1. The predicted octanol–water partition coefficient (Wildman–Crippen LogP) is 2.75. The van der Waals surface area contributed by atoms with Crippen molar-refractivity contribution >= 4 is 23.1 Å². The summed E-state index contributed by atoms with van der Waals surface area (Å²) in [4.78, 5) is 12.3. The molecule has 1 rings (SSSR count). The van der Waals surface area contributed by atoms with Gasteiger partial charge in [0.05, 0.1) is 10.6 Å². The third-order valence-corrected chi connectivity index (χ3v) is 2.46. The van der Waals surface area contributed by atoms with Crippen LogP contribution < -0.4 is 10.9 Å². The largest absolute Gasteiger partial charge is 0.443 e. The molecule has 88 valence electrons. The SMILES string of the molecule is C=C(NNC(=O)OC(C)(C)C)c1cccs1. The lowest BCUT2D eigenvalue weighted by Gasteiger charge is -2.20. The zero-order chi connectivity index (χ0) is 12.2. The highest BCUT2D eigenvalue weighted by atomic mass is 32.1. The zero-order valence-corrected chi connectivity index (χ0v) is 10.5. The lowest BCUT2D eigenvalue weighted by molar-refractivity contribution is 0.0511. The van der Waals surface area contributed by atoms with Crippen molar-refractivity contribution in [2.45, 2.75) is 26.4 Å². The van der Waals surface area contributed by atoms with Gasteiger partial charge in [0.2, 0.25) is 0 Å². The van der Waals surface area contributed by atoms with Crippen LogP contribution in [0.15, 0.2) is 24.1 Å². The monoisotopic (exact) mass is 240 g/mol. The van der Waals surface area contributed by atoms with Gasteiger partial charge in [0.15, 0.2) is 0 Å².